The van der Waals surface area contributed by atoms with Gasteiger partial charge in [-0.15, -0.1) is 0 Å². The van der Waals surface area contributed by atoms with Gasteiger partial charge in [0.15, 0.2) is 0 Å². The zero-order valence-corrected chi connectivity index (χ0v) is 10.3. The van der Waals surface area contributed by atoms with Crippen LogP contribution in [0.4, 0.5) is 11.5 Å². The van der Waals surface area contributed by atoms with Crippen molar-refractivity contribution in [1.29, 1.82) is 5.26 Å². The first kappa shape index (κ1) is 11.6. The maximum absolute atomic E-state index is 9.01. The summed E-state index contributed by atoms with van der Waals surface area (Å²) < 4.78 is 0. The monoisotopic (exact) mass is 251 g/mol. The van der Waals surface area contributed by atoms with Gasteiger partial charge in [-0.1, -0.05) is 18.2 Å². The standard InChI is InChI=1S/C14H13N5/c15-8-13-18-12-6-7-16-9-11(12)14(19-13)17-10-4-2-1-3-5-10/h1-5,16H,6-7,9H2,(H,17,18,19). The number of aromatic nitrogens is 2. The lowest BCUT2D eigenvalue weighted by atomic mass is 10.1. The fourth-order valence-corrected chi connectivity index (χ4v) is 2.15. The Labute approximate surface area is 111 Å². The third-order valence-corrected chi connectivity index (χ3v) is 3.07. The second-order valence-electron chi connectivity index (χ2n) is 4.35. The topological polar surface area (TPSA) is 73.6 Å². The van der Waals surface area contributed by atoms with Crippen molar-refractivity contribution in [2.24, 2.45) is 0 Å². The Kier molecular flexibility index (Phi) is 3.09. The molecule has 3 rings (SSSR count). The van der Waals surface area contributed by atoms with Gasteiger partial charge >= 0.3 is 0 Å². The van der Waals surface area contributed by atoms with Crippen LogP contribution in [0.3, 0.4) is 0 Å². The van der Waals surface area contributed by atoms with E-state index in [4.69, 9.17) is 5.26 Å². The van der Waals surface area contributed by atoms with Crippen LogP contribution in [0.15, 0.2) is 30.3 Å². The smallest absolute Gasteiger partial charge is 0.234 e. The lowest BCUT2D eigenvalue weighted by molar-refractivity contribution is 0.626. The molecule has 2 N–H and O–H groups in total. The molecule has 0 fully saturated rings. The van der Waals surface area contributed by atoms with Crippen LogP contribution in [0.2, 0.25) is 0 Å². The van der Waals surface area contributed by atoms with Gasteiger partial charge < -0.3 is 10.6 Å². The molecule has 0 spiro atoms. The summed E-state index contributed by atoms with van der Waals surface area (Å²) in [5.74, 6) is 0.944. The summed E-state index contributed by atoms with van der Waals surface area (Å²) in [6, 6.07) is 11.8. The summed E-state index contributed by atoms with van der Waals surface area (Å²) in [7, 11) is 0. The Morgan fingerprint density at radius 2 is 2.05 bits per heavy atom. The highest BCUT2D eigenvalue weighted by atomic mass is 15.1. The number of hydrogen-bond donors (Lipinski definition) is 2. The molecule has 0 radical (unpaired) electrons. The van der Waals surface area contributed by atoms with Gasteiger partial charge in [-0.2, -0.15) is 5.26 Å². The maximum atomic E-state index is 9.01. The number of rotatable bonds is 2. The number of nitrogens with zero attached hydrogens (tertiary/aromatic N) is 3. The maximum Gasteiger partial charge on any atom is 0.234 e. The van der Waals surface area contributed by atoms with Crippen molar-refractivity contribution in [3.63, 3.8) is 0 Å². The number of benzene rings is 1. The average molecular weight is 251 g/mol. The number of hydrogen-bond acceptors (Lipinski definition) is 5. The Balaban J connectivity index is 2.02. The lowest BCUT2D eigenvalue weighted by Crippen LogP contribution is -2.26. The van der Waals surface area contributed by atoms with E-state index in [1.165, 1.54) is 0 Å². The van der Waals surface area contributed by atoms with Crippen LogP contribution in [0, 0.1) is 11.3 Å². The predicted molar refractivity (Wildman–Crippen MR) is 71.9 cm³/mol. The highest BCUT2D eigenvalue weighted by molar-refractivity contribution is 5.60. The number of fused-ring (bicyclic) bond motifs is 1. The Morgan fingerprint density at radius 3 is 2.84 bits per heavy atom. The normalized spacial score (nSPS) is 13.4. The predicted octanol–water partition coefficient (Wildman–Crippen LogP) is 1.74. The first-order valence-corrected chi connectivity index (χ1v) is 6.19. The molecule has 0 saturated carbocycles. The van der Waals surface area contributed by atoms with Crippen molar-refractivity contribution in [1.82, 2.24) is 15.3 Å². The van der Waals surface area contributed by atoms with Crippen molar-refractivity contribution in [3.05, 3.63) is 47.4 Å². The molecular formula is C14H13N5. The number of para-hydroxylation sites is 1. The Morgan fingerprint density at radius 1 is 1.21 bits per heavy atom. The van der Waals surface area contributed by atoms with E-state index in [0.717, 1.165) is 42.3 Å². The van der Waals surface area contributed by atoms with E-state index >= 15 is 0 Å². The van der Waals surface area contributed by atoms with Crippen molar-refractivity contribution in [2.75, 3.05) is 11.9 Å². The van der Waals surface area contributed by atoms with E-state index in [1.54, 1.807) is 0 Å². The highest BCUT2D eigenvalue weighted by Gasteiger charge is 2.17. The van der Waals surface area contributed by atoms with Crippen molar-refractivity contribution >= 4 is 11.5 Å². The van der Waals surface area contributed by atoms with Crippen LogP contribution in [0.5, 0.6) is 0 Å². The van der Waals surface area contributed by atoms with Crippen LogP contribution in [-0.4, -0.2) is 16.5 Å². The van der Waals surface area contributed by atoms with Crippen LogP contribution in [0.1, 0.15) is 17.1 Å². The molecule has 19 heavy (non-hydrogen) atoms. The van der Waals surface area contributed by atoms with E-state index in [9.17, 15) is 0 Å². The van der Waals surface area contributed by atoms with Gasteiger partial charge in [0.2, 0.25) is 5.82 Å². The zero-order chi connectivity index (χ0) is 13.1. The fraction of sp³-hybridized carbons (Fsp3) is 0.214. The van der Waals surface area contributed by atoms with Gasteiger partial charge in [0.25, 0.3) is 0 Å². The van der Waals surface area contributed by atoms with Gasteiger partial charge in [0.05, 0.1) is 5.69 Å². The molecule has 5 nitrogen and oxygen atoms in total. The summed E-state index contributed by atoms with van der Waals surface area (Å²) in [5, 5.41) is 15.6. The van der Waals surface area contributed by atoms with Crippen molar-refractivity contribution < 1.29 is 0 Å². The summed E-state index contributed by atoms with van der Waals surface area (Å²) in [6.07, 6.45) is 0.829. The molecule has 0 bridgehead atoms. The SMILES string of the molecule is N#Cc1nc2c(c(Nc3ccccc3)n1)CNCC2. The quantitative estimate of drug-likeness (QED) is 0.850. The zero-order valence-electron chi connectivity index (χ0n) is 10.3. The largest absolute Gasteiger partial charge is 0.340 e. The molecule has 0 unspecified atom stereocenters. The summed E-state index contributed by atoms with van der Waals surface area (Å²) in [6.45, 7) is 1.62. The molecule has 2 aromatic rings. The van der Waals surface area contributed by atoms with Crippen LogP contribution in [0.25, 0.3) is 0 Å². The highest BCUT2D eigenvalue weighted by Crippen LogP contribution is 2.23. The van der Waals surface area contributed by atoms with Gasteiger partial charge in [-0.25, -0.2) is 9.97 Å². The van der Waals surface area contributed by atoms with E-state index in [1.807, 2.05) is 36.4 Å². The molecular weight excluding hydrogens is 238 g/mol. The second-order valence-corrected chi connectivity index (χ2v) is 4.35. The van der Waals surface area contributed by atoms with Crippen LogP contribution in [-0.2, 0) is 13.0 Å². The minimum atomic E-state index is 0.221. The summed E-state index contributed by atoms with van der Waals surface area (Å²) in [4.78, 5) is 8.56. The van der Waals surface area contributed by atoms with Gasteiger partial charge in [0, 0.05) is 30.8 Å². The number of anilines is 2. The van der Waals surface area contributed by atoms with Gasteiger partial charge in [-0.3, -0.25) is 0 Å². The third kappa shape index (κ3) is 2.39. The first-order chi connectivity index (χ1) is 9.36. The van der Waals surface area contributed by atoms with Crippen LogP contribution >= 0.6 is 0 Å². The molecule has 2 heterocycles. The second kappa shape index (κ2) is 5.04. The molecule has 1 aromatic carbocycles. The van der Waals surface area contributed by atoms with E-state index in [2.05, 4.69) is 20.6 Å². The minimum Gasteiger partial charge on any atom is -0.340 e. The molecule has 1 aliphatic heterocycles. The molecule has 1 aromatic heterocycles. The molecule has 5 heteroatoms. The molecule has 0 aliphatic carbocycles. The van der Waals surface area contributed by atoms with Gasteiger partial charge in [0.1, 0.15) is 11.9 Å². The van der Waals surface area contributed by atoms with E-state index in [-0.39, 0.29) is 5.82 Å². The first-order valence-electron chi connectivity index (χ1n) is 6.19. The molecule has 0 atom stereocenters. The lowest BCUT2D eigenvalue weighted by Gasteiger charge is -2.19. The summed E-state index contributed by atoms with van der Waals surface area (Å²) in [5.41, 5.74) is 2.97. The van der Waals surface area contributed by atoms with Gasteiger partial charge in [-0.05, 0) is 12.1 Å². The van der Waals surface area contributed by atoms with E-state index in [0.29, 0.717) is 0 Å². The van der Waals surface area contributed by atoms with Crippen molar-refractivity contribution in [2.45, 2.75) is 13.0 Å². The number of nitriles is 1. The Bertz CT molecular complexity index is 630. The third-order valence-electron chi connectivity index (χ3n) is 3.07. The minimum absolute atomic E-state index is 0.221. The van der Waals surface area contributed by atoms with E-state index < -0.39 is 0 Å². The average Bonchev–Trinajstić information content (AvgIpc) is 2.48. The Hall–Kier alpha value is -2.45. The fourth-order valence-electron chi connectivity index (χ4n) is 2.15. The van der Waals surface area contributed by atoms with Crippen molar-refractivity contribution in [3.8, 4) is 6.07 Å². The molecule has 0 saturated heterocycles. The molecule has 94 valence electrons. The summed E-state index contributed by atoms with van der Waals surface area (Å²) >= 11 is 0. The van der Waals surface area contributed by atoms with Crippen LogP contribution < -0.4 is 10.6 Å². The molecule has 1 aliphatic rings. The molecule has 0 amide bonds. The number of nitrogens with one attached hydrogen (secondary N) is 2.